The van der Waals surface area contributed by atoms with E-state index in [-0.39, 0.29) is 16.8 Å². The van der Waals surface area contributed by atoms with Crippen LogP contribution in [0.15, 0.2) is 16.9 Å². The number of hydrogen-bond donors (Lipinski definition) is 1. The number of rotatable bonds is 4. The first-order valence-electron chi connectivity index (χ1n) is 9.20. The van der Waals surface area contributed by atoms with E-state index in [4.69, 9.17) is 4.74 Å². The number of aromatic nitrogens is 5. The van der Waals surface area contributed by atoms with Gasteiger partial charge in [-0.2, -0.15) is 4.98 Å². The Labute approximate surface area is 164 Å². The molecule has 0 saturated carbocycles. The molecule has 4 rings (SSSR count). The molecular weight excluding hydrogens is 384 g/mol. The SMILES string of the molecule is COC(C)c1cc(F)c(N2CCN(c3nc4c(nnn4C)c(=O)[nH]3)CC2)c(F)c1. The zero-order valence-corrected chi connectivity index (χ0v) is 16.3. The molecule has 3 aromatic rings. The van der Waals surface area contributed by atoms with Crippen LogP contribution in [0.1, 0.15) is 18.6 Å². The number of aryl methyl sites for hydroxylation is 1. The van der Waals surface area contributed by atoms with E-state index in [1.165, 1.54) is 23.9 Å². The largest absolute Gasteiger partial charge is 0.377 e. The molecule has 3 heterocycles. The lowest BCUT2D eigenvalue weighted by atomic mass is 10.1. The minimum absolute atomic E-state index is 0.0514. The summed E-state index contributed by atoms with van der Waals surface area (Å²) in [5, 5.41) is 7.59. The molecule has 11 heteroatoms. The van der Waals surface area contributed by atoms with Crippen molar-refractivity contribution < 1.29 is 13.5 Å². The van der Waals surface area contributed by atoms with Crippen molar-refractivity contribution in [2.24, 2.45) is 7.05 Å². The first-order chi connectivity index (χ1) is 13.9. The molecule has 1 aromatic carbocycles. The number of H-pyrrole nitrogens is 1. The van der Waals surface area contributed by atoms with Crippen LogP contribution in [0.3, 0.4) is 0 Å². The Hall–Kier alpha value is -3.08. The van der Waals surface area contributed by atoms with E-state index in [1.54, 1.807) is 18.9 Å². The maximum atomic E-state index is 14.6. The summed E-state index contributed by atoms with van der Waals surface area (Å²) in [6.45, 7) is 3.36. The molecule has 0 aliphatic carbocycles. The van der Waals surface area contributed by atoms with Crippen molar-refractivity contribution in [2.75, 3.05) is 43.1 Å². The Morgan fingerprint density at radius 1 is 1.14 bits per heavy atom. The predicted octanol–water partition coefficient (Wildman–Crippen LogP) is 1.36. The van der Waals surface area contributed by atoms with Gasteiger partial charge in [-0.15, -0.1) is 5.10 Å². The Morgan fingerprint density at radius 3 is 2.38 bits per heavy atom. The molecule has 0 radical (unpaired) electrons. The summed E-state index contributed by atoms with van der Waals surface area (Å²) in [6, 6.07) is 2.61. The molecule has 1 unspecified atom stereocenters. The highest BCUT2D eigenvalue weighted by Gasteiger charge is 2.25. The molecule has 0 bridgehead atoms. The van der Waals surface area contributed by atoms with Crippen LogP contribution in [-0.2, 0) is 11.8 Å². The van der Waals surface area contributed by atoms with E-state index in [0.717, 1.165) is 0 Å². The minimum Gasteiger partial charge on any atom is -0.377 e. The Kier molecular flexibility index (Phi) is 4.91. The predicted molar refractivity (Wildman–Crippen MR) is 103 cm³/mol. The lowest BCUT2D eigenvalue weighted by Crippen LogP contribution is -2.48. The summed E-state index contributed by atoms with van der Waals surface area (Å²) in [5.41, 5.74) is 0.574. The van der Waals surface area contributed by atoms with E-state index in [1.807, 2.05) is 4.90 Å². The number of fused-ring (bicyclic) bond motifs is 1. The van der Waals surface area contributed by atoms with Gasteiger partial charge in [-0.25, -0.2) is 13.5 Å². The van der Waals surface area contributed by atoms with Gasteiger partial charge in [-0.1, -0.05) is 5.21 Å². The van der Waals surface area contributed by atoms with Crippen molar-refractivity contribution in [1.29, 1.82) is 0 Å². The molecule has 0 spiro atoms. The van der Waals surface area contributed by atoms with Gasteiger partial charge in [-0.05, 0) is 24.6 Å². The molecule has 2 aromatic heterocycles. The average molecular weight is 405 g/mol. The van der Waals surface area contributed by atoms with Crippen molar-refractivity contribution in [3.63, 3.8) is 0 Å². The number of nitrogens with zero attached hydrogens (tertiary/aromatic N) is 6. The van der Waals surface area contributed by atoms with E-state index in [2.05, 4.69) is 20.3 Å². The highest BCUT2D eigenvalue weighted by Crippen LogP contribution is 2.29. The van der Waals surface area contributed by atoms with Gasteiger partial charge < -0.3 is 14.5 Å². The molecule has 1 aliphatic heterocycles. The van der Waals surface area contributed by atoms with Gasteiger partial charge in [0.2, 0.25) is 5.95 Å². The lowest BCUT2D eigenvalue weighted by Gasteiger charge is -2.36. The van der Waals surface area contributed by atoms with Gasteiger partial charge in [-0.3, -0.25) is 9.78 Å². The molecular formula is C18H21F2N7O2. The molecule has 1 saturated heterocycles. The fourth-order valence-electron chi connectivity index (χ4n) is 3.46. The molecule has 9 nitrogen and oxygen atoms in total. The van der Waals surface area contributed by atoms with Gasteiger partial charge in [0, 0.05) is 40.3 Å². The van der Waals surface area contributed by atoms with E-state index < -0.39 is 17.7 Å². The third kappa shape index (κ3) is 3.41. The van der Waals surface area contributed by atoms with Gasteiger partial charge in [0.05, 0.1) is 6.10 Å². The smallest absolute Gasteiger partial charge is 0.282 e. The Bertz CT molecular complexity index is 1080. The number of piperazine rings is 1. The van der Waals surface area contributed by atoms with E-state index in [9.17, 15) is 13.6 Å². The number of ether oxygens (including phenoxy) is 1. The molecule has 0 amide bonds. The van der Waals surface area contributed by atoms with Crippen LogP contribution in [0, 0.1) is 11.6 Å². The van der Waals surface area contributed by atoms with Crippen LogP contribution >= 0.6 is 0 Å². The molecule has 1 atom stereocenters. The summed E-state index contributed by atoms with van der Waals surface area (Å²) in [6.07, 6.45) is -0.399. The van der Waals surface area contributed by atoms with Gasteiger partial charge in [0.15, 0.2) is 11.2 Å². The second-order valence-corrected chi connectivity index (χ2v) is 6.96. The Morgan fingerprint density at radius 2 is 1.76 bits per heavy atom. The summed E-state index contributed by atoms with van der Waals surface area (Å²) in [5.74, 6) is -0.852. The van der Waals surface area contributed by atoms with Crippen LogP contribution in [0.2, 0.25) is 0 Å². The maximum Gasteiger partial charge on any atom is 0.282 e. The molecule has 1 aliphatic rings. The van der Waals surface area contributed by atoms with Crippen molar-refractivity contribution in [1.82, 2.24) is 25.0 Å². The van der Waals surface area contributed by atoms with Crippen molar-refractivity contribution in [2.45, 2.75) is 13.0 Å². The second kappa shape index (κ2) is 7.39. The molecule has 1 fully saturated rings. The first-order valence-corrected chi connectivity index (χ1v) is 9.20. The monoisotopic (exact) mass is 405 g/mol. The number of anilines is 2. The topological polar surface area (TPSA) is 92.2 Å². The fraction of sp³-hybridized carbons (Fsp3) is 0.444. The van der Waals surface area contributed by atoms with Crippen molar-refractivity contribution >= 4 is 22.8 Å². The zero-order chi connectivity index (χ0) is 20.7. The van der Waals surface area contributed by atoms with Crippen LogP contribution in [-0.4, -0.2) is 58.3 Å². The van der Waals surface area contributed by atoms with Crippen molar-refractivity contribution in [3.05, 3.63) is 39.7 Å². The minimum atomic E-state index is -0.619. The number of benzene rings is 1. The average Bonchev–Trinajstić information content (AvgIpc) is 3.08. The van der Waals surface area contributed by atoms with Gasteiger partial charge in [0.1, 0.15) is 17.3 Å². The zero-order valence-electron chi connectivity index (χ0n) is 16.3. The summed E-state index contributed by atoms with van der Waals surface area (Å²) < 4.78 is 35.8. The quantitative estimate of drug-likeness (QED) is 0.701. The summed E-state index contributed by atoms with van der Waals surface area (Å²) >= 11 is 0. The van der Waals surface area contributed by atoms with Crippen LogP contribution in [0.4, 0.5) is 20.4 Å². The van der Waals surface area contributed by atoms with E-state index >= 15 is 0 Å². The third-order valence-corrected chi connectivity index (χ3v) is 5.21. The second-order valence-electron chi connectivity index (χ2n) is 6.96. The maximum absolute atomic E-state index is 14.6. The van der Waals surface area contributed by atoms with Gasteiger partial charge >= 0.3 is 0 Å². The molecule has 29 heavy (non-hydrogen) atoms. The standard InChI is InChI=1S/C18H21F2N7O2/c1-10(29-3)11-8-12(19)15(13(20)9-11)26-4-6-27(7-5-26)18-21-16-14(17(28)22-18)23-24-25(16)2/h8-10H,4-7H2,1-3H3,(H,21,22,28). The normalized spacial score (nSPS) is 15.9. The van der Waals surface area contributed by atoms with Crippen LogP contribution in [0.25, 0.3) is 11.2 Å². The van der Waals surface area contributed by atoms with Gasteiger partial charge in [0.25, 0.3) is 5.56 Å². The highest BCUT2D eigenvalue weighted by molar-refractivity contribution is 5.69. The van der Waals surface area contributed by atoms with E-state index in [0.29, 0.717) is 43.3 Å². The number of halogens is 2. The molecule has 1 N–H and O–H groups in total. The van der Waals surface area contributed by atoms with Crippen molar-refractivity contribution in [3.8, 4) is 0 Å². The number of nitrogens with one attached hydrogen (secondary N) is 1. The summed E-state index contributed by atoms with van der Waals surface area (Å²) in [4.78, 5) is 22.8. The highest BCUT2D eigenvalue weighted by atomic mass is 19.1. The van der Waals surface area contributed by atoms with Crippen LogP contribution in [0.5, 0.6) is 0 Å². The third-order valence-electron chi connectivity index (χ3n) is 5.21. The van der Waals surface area contributed by atoms with Crippen LogP contribution < -0.4 is 15.4 Å². The number of aromatic amines is 1. The summed E-state index contributed by atoms with van der Waals surface area (Å²) in [7, 11) is 3.15. The molecule has 154 valence electrons. The lowest BCUT2D eigenvalue weighted by molar-refractivity contribution is 0.119. The number of hydrogen-bond acceptors (Lipinski definition) is 7. The Balaban J connectivity index is 1.54. The number of methoxy groups -OCH3 is 1. The first kappa shape index (κ1) is 19.2. The fourth-order valence-corrected chi connectivity index (χ4v) is 3.46.